The van der Waals surface area contributed by atoms with Gasteiger partial charge in [-0.2, -0.15) is 0 Å². The summed E-state index contributed by atoms with van der Waals surface area (Å²) >= 11 is 1.48. The first-order valence-corrected chi connectivity index (χ1v) is 8.44. The summed E-state index contributed by atoms with van der Waals surface area (Å²) in [5, 5.41) is 2.79. The topological polar surface area (TPSA) is 55.4 Å². The van der Waals surface area contributed by atoms with Crippen LogP contribution in [0.5, 0.6) is 0 Å². The first-order valence-electron chi connectivity index (χ1n) is 7.46. The molecule has 1 N–H and O–H groups in total. The number of amides is 1. The van der Waals surface area contributed by atoms with E-state index in [1.54, 1.807) is 0 Å². The van der Waals surface area contributed by atoms with E-state index in [2.05, 4.69) is 11.4 Å². The number of hydrogen-bond donors (Lipinski definition) is 1. The Kier molecular flexibility index (Phi) is 7.45. The van der Waals surface area contributed by atoms with Gasteiger partial charge in [-0.15, -0.1) is 11.8 Å². The molecule has 0 saturated carbocycles. The number of carbonyl (C=O) groups excluding carboxylic acids is 2. The second-order valence-corrected chi connectivity index (χ2v) is 6.53. The van der Waals surface area contributed by atoms with Gasteiger partial charge in [-0.3, -0.25) is 4.79 Å². The van der Waals surface area contributed by atoms with E-state index in [0.29, 0.717) is 0 Å². The molecule has 1 aromatic carbocycles. The molecule has 1 aromatic rings. The summed E-state index contributed by atoms with van der Waals surface area (Å²) in [6, 6.07) is 5.57. The Morgan fingerprint density at radius 3 is 2.55 bits per heavy atom. The maximum atomic E-state index is 12.1. The summed E-state index contributed by atoms with van der Waals surface area (Å²) < 4.78 is 4.77. The highest BCUT2D eigenvalue weighted by Crippen LogP contribution is 2.23. The molecule has 1 rings (SSSR count). The molecular weight excluding hydrogens is 298 g/mol. The van der Waals surface area contributed by atoms with Crippen molar-refractivity contribution in [1.29, 1.82) is 0 Å². The molecule has 0 aliphatic carbocycles. The minimum absolute atomic E-state index is 0.0440. The van der Waals surface area contributed by atoms with Gasteiger partial charge in [0.2, 0.25) is 5.91 Å². The highest BCUT2D eigenvalue weighted by molar-refractivity contribution is 8.00. The number of nitrogens with one attached hydrogen (secondary N) is 1. The average Bonchev–Trinajstić information content (AvgIpc) is 2.50. The molecule has 0 saturated heterocycles. The molecule has 2 atom stereocenters. The lowest BCUT2D eigenvalue weighted by Gasteiger charge is -2.21. The lowest BCUT2D eigenvalue weighted by Crippen LogP contribution is -2.46. The second kappa shape index (κ2) is 8.83. The standard InChI is InChI=1S/C17H25NO3S/c1-6-12(3)16(17(20)21-5)18-15(19)10-22-14-8-7-11(2)9-13(14)4/h7-9,12,16H,6,10H2,1-5H3,(H,18,19)/t12-,16+/m1/s1. The largest absolute Gasteiger partial charge is 0.467 e. The minimum atomic E-state index is -0.581. The van der Waals surface area contributed by atoms with Gasteiger partial charge < -0.3 is 10.1 Å². The molecule has 0 aromatic heterocycles. The van der Waals surface area contributed by atoms with Crippen LogP contribution in [0.4, 0.5) is 0 Å². The molecule has 0 unspecified atom stereocenters. The molecule has 4 nitrogen and oxygen atoms in total. The molecule has 0 fully saturated rings. The van der Waals surface area contributed by atoms with Crippen molar-refractivity contribution in [3.63, 3.8) is 0 Å². The van der Waals surface area contributed by atoms with E-state index in [4.69, 9.17) is 4.74 Å². The van der Waals surface area contributed by atoms with E-state index in [-0.39, 0.29) is 23.5 Å². The SMILES string of the molecule is CC[C@@H](C)[C@H](NC(=O)CSc1ccc(C)cc1C)C(=O)OC. The molecule has 22 heavy (non-hydrogen) atoms. The van der Waals surface area contributed by atoms with Crippen molar-refractivity contribution < 1.29 is 14.3 Å². The maximum absolute atomic E-state index is 12.1. The van der Waals surface area contributed by atoms with E-state index in [1.165, 1.54) is 24.4 Å². The Morgan fingerprint density at radius 1 is 1.32 bits per heavy atom. The molecule has 0 radical (unpaired) electrons. The minimum Gasteiger partial charge on any atom is -0.467 e. The first-order chi connectivity index (χ1) is 10.4. The van der Waals surface area contributed by atoms with Gasteiger partial charge in [-0.05, 0) is 31.4 Å². The molecule has 0 aliphatic rings. The summed E-state index contributed by atoms with van der Waals surface area (Å²) in [5.74, 6) is -0.212. The highest BCUT2D eigenvalue weighted by atomic mass is 32.2. The van der Waals surface area contributed by atoms with Crippen LogP contribution in [0.15, 0.2) is 23.1 Å². The zero-order valence-electron chi connectivity index (χ0n) is 13.9. The number of aryl methyl sites for hydroxylation is 2. The molecule has 1 amide bonds. The first kappa shape index (κ1) is 18.6. The number of carbonyl (C=O) groups is 2. The Bertz CT molecular complexity index is 531. The number of benzene rings is 1. The molecule has 122 valence electrons. The Hall–Kier alpha value is -1.49. The summed E-state index contributed by atoms with van der Waals surface area (Å²) in [5.41, 5.74) is 2.36. The zero-order valence-corrected chi connectivity index (χ0v) is 14.8. The van der Waals surface area contributed by atoms with E-state index in [1.807, 2.05) is 39.8 Å². The Morgan fingerprint density at radius 2 is 2.00 bits per heavy atom. The van der Waals surface area contributed by atoms with Crippen LogP contribution in [0.3, 0.4) is 0 Å². The van der Waals surface area contributed by atoms with Crippen LogP contribution in [0.25, 0.3) is 0 Å². The average molecular weight is 323 g/mol. The third kappa shape index (κ3) is 5.37. The molecule has 0 bridgehead atoms. The monoisotopic (exact) mass is 323 g/mol. The van der Waals surface area contributed by atoms with Crippen molar-refractivity contribution in [2.24, 2.45) is 5.92 Å². The smallest absolute Gasteiger partial charge is 0.328 e. The number of thioether (sulfide) groups is 1. The van der Waals surface area contributed by atoms with Crippen LogP contribution in [0.2, 0.25) is 0 Å². The summed E-state index contributed by atoms with van der Waals surface area (Å²) in [7, 11) is 1.34. The van der Waals surface area contributed by atoms with E-state index >= 15 is 0 Å². The predicted molar refractivity (Wildman–Crippen MR) is 90.0 cm³/mol. The normalized spacial score (nSPS) is 13.3. The van der Waals surface area contributed by atoms with E-state index < -0.39 is 6.04 Å². The van der Waals surface area contributed by atoms with E-state index in [9.17, 15) is 9.59 Å². The van der Waals surface area contributed by atoms with E-state index in [0.717, 1.165) is 16.9 Å². The van der Waals surface area contributed by atoms with Gasteiger partial charge in [-0.25, -0.2) is 4.79 Å². The van der Waals surface area contributed by atoms with Crippen molar-refractivity contribution in [2.45, 2.75) is 45.1 Å². The van der Waals surface area contributed by atoms with Gasteiger partial charge in [-0.1, -0.05) is 38.0 Å². The van der Waals surface area contributed by atoms with Gasteiger partial charge in [0, 0.05) is 4.90 Å². The number of esters is 1. The van der Waals surface area contributed by atoms with Gasteiger partial charge in [0.05, 0.1) is 12.9 Å². The lowest BCUT2D eigenvalue weighted by atomic mass is 9.99. The Balaban J connectivity index is 2.62. The zero-order chi connectivity index (χ0) is 16.7. The third-order valence-electron chi connectivity index (χ3n) is 3.67. The fourth-order valence-corrected chi connectivity index (χ4v) is 2.94. The summed E-state index contributed by atoms with van der Waals surface area (Å²) in [4.78, 5) is 25.0. The van der Waals surface area contributed by atoms with Gasteiger partial charge in [0.15, 0.2) is 0 Å². The summed E-state index contributed by atoms with van der Waals surface area (Å²) in [6.45, 7) is 7.99. The van der Waals surface area contributed by atoms with Crippen LogP contribution >= 0.6 is 11.8 Å². The van der Waals surface area contributed by atoms with Crippen molar-refractivity contribution in [3.8, 4) is 0 Å². The molecule has 5 heteroatoms. The van der Waals surface area contributed by atoms with Gasteiger partial charge in [0.1, 0.15) is 6.04 Å². The fourth-order valence-electron chi connectivity index (χ4n) is 2.12. The molecule has 0 heterocycles. The van der Waals surface area contributed by atoms with Crippen molar-refractivity contribution in [1.82, 2.24) is 5.32 Å². The van der Waals surface area contributed by atoms with Crippen LogP contribution in [0.1, 0.15) is 31.4 Å². The quantitative estimate of drug-likeness (QED) is 0.619. The van der Waals surface area contributed by atoms with Gasteiger partial charge in [0.25, 0.3) is 0 Å². The number of ether oxygens (including phenoxy) is 1. The van der Waals surface area contributed by atoms with Gasteiger partial charge >= 0.3 is 5.97 Å². The second-order valence-electron chi connectivity index (χ2n) is 5.51. The summed E-state index contributed by atoms with van der Waals surface area (Å²) in [6.07, 6.45) is 0.796. The van der Waals surface area contributed by atoms with Crippen LogP contribution < -0.4 is 5.32 Å². The predicted octanol–water partition coefficient (Wildman–Crippen LogP) is 3.10. The van der Waals surface area contributed by atoms with Crippen LogP contribution in [-0.2, 0) is 14.3 Å². The van der Waals surface area contributed by atoms with Crippen molar-refractivity contribution >= 4 is 23.6 Å². The number of hydrogen-bond acceptors (Lipinski definition) is 4. The lowest BCUT2D eigenvalue weighted by molar-refractivity contribution is -0.146. The van der Waals surface area contributed by atoms with Crippen molar-refractivity contribution in [3.05, 3.63) is 29.3 Å². The molecule has 0 spiro atoms. The van der Waals surface area contributed by atoms with Crippen LogP contribution in [-0.4, -0.2) is 30.8 Å². The third-order valence-corrected chi connectivity index (χ3v) is 4.85. The van der Waals surface area contributed by atoms with Crippen LogP contribution in [0, 0.1) is 19.8 Å². The fraction of sp³-hybridized carbons (Fsp3) is 0.529. The number of methoxy groups -OCH3 is 1. The highest BCUT2D eigenvalue weighted by Gasteiger charge is 2.26. The molecular formula is C17H25NO3S. The molecule has 0 aliphatic heterocycles. The Labute approximate surface area is 137 Å². The maximum Gasteiger partial charge on any atom is 0.328 e. The van der Waals surface area contributed by atoms with Crippen molar-refractivity contribution in [2.75, 3.05) is 12.9 Å². The number of rotatable bonds is 7.